The lowest BCUT2D eigenvalue weighted by Crippen LogP contribution is -1.96. The van der Waals surface area contributed by atoms with Gasteiger partial charge in [-0.15, -0.1) is 0 Å². The molecule has 0 amide bonds. The molecule has 0 radical (unpaired) electrons. The molecule has 0 spiro atoms. The van der Waals surface area contributed by atoms with Crippen LogP contribution in [0.2, 0.25) is 0 Å². The molecule has 0 fully saturated rings. The molecule has 0 aromatic rings. The Labute approximate surface area is 68.1 Å². The number of hydrogen-bond acceptors (Lipinski definition) is 1. The lowest BCUT2D eigenvalue weighted by molar-refractivity contribution is 0.653. The van der Waals surface area contributed by atoms with Crippen molar-refractivity contribution >= 4 is 0 Å². The average molecular weight is 157 g/mol. The zero-order chi connectivity index (χ0) is 9.44. The molecule has 11 heavy (non-hydrogen) atoms. The third-order valence-corrected chi connectivity index (χ3v) is 0.715. The van der Waals surface area contributed by atoms with Crippen molar-refractivity contribution in [3.05, 3.63) is 36.3 Å². The summed E-state index contributed by atoms with van der Waals surface area (Å²) in [4.78, 5) is 0. The van der Waals surface area contributed by atoms with Crippen LogP contribution in [0.5, 0.6) is 0 Å². The number of nitrogens with two attached hydrogens (primary N) is 1. The Morgan fingerprint density at radius 1 is 1.36 bits per heavy atom. The average Bonchev–Trinajstić information content (AvgIpc) is 1.90. The van der Waals surface area contributed by atoms with Crippen molar-refractivity contribution in [2.45, 2.75) is 20.8 Å². The molecular formula is C9H16FN. The third-order valence-electron chi connectivity index (χ3n) is 0.715. The lowest BCUT2D eigenvalue weighted by Gasteiger charge is -1.93. The van der Waals surface area contributed by atoms with Crippen molar-refractivity contribution in [2.75, 3.05) is 0 Å². The molecule has 2 heteroatoms. The Kier molecular flexibility index (Phi) is 8.10. The van der Waals surface area contributed by atoms with Crippen LogP contribution in [-0.2, 0) is 0 Å². The summed E-state index contributed by atoms with van der Waals surface area (Å²) in [5, 5.41) is 0. The smallest absolute Gasteiger partial charge is 0.138 e. The Bertz CT molecular complexity index is 168. The van der Waals surface area contributed by atoms with E-state index < -0.39 is 5.83 Å². The maximum absolute atomic E-state index is 12.0. The van der Waals surface area contributed by atoms with E-state index in [1.54, 1.807) is 6.92 Å². The van der Waals surface area contributed by atoms with E-state index in [9.17, 15) is 4.39 Å². The molecule has 0 atom stereocenters. The maximum Gasteiger partial charge on any atom is 0.138 e. The minimum atomic E-state index is -0.613. The van der Waals surface area contributed by atoms with E-state index in [4.69, 9.17) is 5.73 Å². The molecule has 0 aromatic heterocycles. The fraction of sp³-hybridized carbons (Fsp3) is 0.333. The predicted molar refractivity (Wildman–Crippen MR) is 48.7 cm³/mol. The molecule has 0 saturated carbocycles. The topological polar surface area (TPSA) is 26.0 Å². The van der Waals surface area contributed by atoms with Crippen LogP contribution in [-0.4, -0.2) is 0 Å². The number of halogens is 1. The normalized spacial score (nSPS) is 9.64. The first-order chi connectivity index (χ1) is 5.04. The van der Waals surface area contributed by atoms with Gasteiger partial charge in [0.1, 0.15) is 5.83 Å². The molecule has 0 aliphatic carbocycles. The second kappa shape index (κ2) is 7.06. The van der Waals surface area contributed by atoms with Crippen LogP contribution in [0, 0.1) is 0 Å². The van der Waals surface area contributed by atoms with Crippen LogP contribution in [0.3, 0.4) is 0 Å². The Balaban J connectivity index is 0. The molecule has 0 bridgehead atoms. The number of hydrogen-bond donors (Lipinski definition) is 1. The standard InChI is InChI=1S/C7H10FN.C2H6/c1-5(2)4-7(9)6(3)8;1-2/h4H,1,3,9H2,2H3;1-2H3/b7-4+;. The van der Waals surface area contributed by atoms with Gasteiger partial charge < -0.3 is 5.73 Å². The van der Waals surface area contributed by atoms with Crippen molar-refractivity contribution in [3.8, 4) is 0 Å². The summed E-state index contributed by atoms with van der Waals surface area (Å²) in [6.07, 6.45) is 1.43. The zero-order valence-corrected chi connectivity index (χ0v) is 7.45. The Morgan fingerprint density at radius 2 is 1.73 bits per heavy atom. The zero-order valence-electron chi connectivity index (χ0n) is 7.45. The fourth-order valence-electron chi connectivity index (χ4n) is 0.344. The predicted octanol–water partition coefficient (Wildman–Crippen LogP) is 2.91. The molecular weight excluding hydrogens is 141 g/mol. The van der Waals surface area contributed by atoms with Gasteiger partial charge in [0.25, 0.3) is 0 Å². The fourth-order valence-corrected chi connectivity index (χ4v) is 0.344. The summed E-state index contributed by atoms with van der Waals surface area (Å²) in [7, 11) is 0. The van der Waals surface area contributed by atoms with Crippen molar-refractivity contribution in [2.24, 2.45) is 5.73 Å². The molecule has 0 saturated heterocycles. The van der Waals surface area contributed by atoms with Gasteiger partial charge in [-0.25, -0.2) is 4.39 Å². The van der Waals surface area contributed by atoms with Gasteiger partial charge in [0.05, 0.1) is 5.70 Å². The highest BCUT2D eigenvalue weighted by Crippen LogP contribution is 2.03. The van der Waals surface area contributed by atoms with E-state index in [0.717, 1.165) is 0 Å². The van der Waals surface area contributed by atoms with Crippen molar-refractivity contribution in [1.82, 2.24) is 0 Å². The highest BCUT2D eigenvalue weighted by molar-refractivity contribution is 5.27. The first kappa shape index (κ1) is 12.6. The number of rotatable bonds is 2. The molecule has 0 aromatic carbocycles. The van der Waals surface area contributed by atoms with Crippen LogP contribution in [0.1, 0.15) is 20.8 Å². The van der Waals surface area contributed by atoms with Crippen LogP contribution in [0.25, 0.3) is 0 Å². The summed E-state index contributed by atoms with van der Waals surface area (Å²) < 4.78 is 12.0. The molecule has 2 N–H and O–H groups in total. The summed E-state index contributed by atoms with van der Waals surface area (Å²) in [5.41, 5.74) is 5.90. The van der Waals surface area contributed by atoms with Gasteiger partial charge in [0.2, 0.25) is 0 Å². The summed E-state index contributed by atoms with van der Waals surface area (Å²) >= 11 is 0. The maximum atomic E-state index is 12.0. The second-order valence-electron chi connectivity index (χ2n) is 1.85. The van der Waals surface area contributed by atoms with E-state index in [1.165, 1.54) is 6.08 Å². The van der Waals surface area contributed by atoms with Gasteiger partial charge in [-0.3, -0.25) is 0 Å². The van der Waals surface area contributed by atoms with Gasteiger partial charge in [-0.05, 0) is 13.0 Å². The largest absolute Gasteiger partial charge is 0.396 e. The Morgan fingerprint density at radius 3 is 1.82 bits per heavy atom. The highest BCUT2D eigenvalue weighted by Gasteiger charge is 1.91. The Hall–Kier alpha value is -1.05. The van der Waals surface area contributed by atoms with E-state index in [-0.39, 0.29) is 5.70 Å². The van der Waals surface area contributed by atoms with E-state index in [2.05, 4.69) is 13.2 Å². The van der Waals surface area contributed by atoms with Crippen molar-refractivity contribution in [1.29, 1.82) is 0 Å². The molecule has 1 nitrogen and oxygen atoms in total. The van der Waals surface area contributed by atoms with Gasteiger partial charge in [0, 0.05) is 0 Å². The highest BCUT2D eigenvalue weighted by atomic mass is 19.1. The van der Waals surface area contributed by atoms with E-state index in [0.29, 0.717) is 5.57 Å². The van der Waals surface area contributed by atoms with Gasteiger partial charge in [-0.2, -0.15) is 0 Å². The molecule has 0 aliphatic heterocycles. The minimum absolute atomic E-state index is 0.0440. The first-order valence-corrected chi connectivity index (χ1v) is 3.51. The first-order valence-electron chi connectivity index (χ1n) is 3.51. The third kappa shape index (κ3) is 8.95. The van der Waals surface area contributed by atoms with Crippen LogP contribution in [0.15, 0.2) is 36.3 Å². The van der Waals surface area contributed by atoms with Crippen LogP contribution in [0.4, 0.5) is 4.39 Å². The summed E-state index contributed by atoms with van der Waals surface area (Å²) in [6.45, 7) is 12.3. The summed E-state index contributed by atoms with van der Waals surface area (Å²) in [6, 6.07) is 0. The van der Waals surface area contributed by atoms with Gasteiger partial charge in [-0.1, -0.05) is 32.6 Å². The molecule has 0 rings (SSSR count). The van der Waals surface area contributed by atoms with E-state index in [1.807, 2.05) is 13.8 Å². The quantitative estimate of drug-likeness (QED) is 0.613. The molecule has 0 aliphatic rings. The molecule has 0 unspecified atom stereocenters. The van der Waals surface area contributed by atoms with Gasteiger partial charge >= 0.3 is 0 Å². The molecule has 0 heterocycles. The van der Waals surface area contributed by atoms with Crippen LogP contribution >= 0.6 is 0 Å². The number of allylic oxidation sites excluding steroid dienone is 3. The SMILES string of the molecule is C=C(C)/C=C(/N)C(=C)F.CC. The molecule has 64 valence electrons. The second-order valence-corrected chi connectivity index (χ2v) is 1.85. The van der Waals surface area contributed by atoms with Gasteiger partial charge in [0.15, 0.2) is 0 Å². The van der Waals surface area contributed by atoms with Crippen LogP contribution < -0.4 is 5.73 Å². The minimum Gasteiger partial charge on any atom is -0.396 e. The van der Waals surface area contributed by atoms with Crippen molar-refractivity contribution in [3.63, 3.8) is 0 Å². The monoisotopic (exact) mass is 157 g/mol. The van der Waals surface area contributed by atoms with Crippen molar-refractivity contribution < 1.29 is 4.39 Å². The summed E-state index contributed by atoms with van der Waals surface area (Å²) in [5.74, 6) is -0.613. The van der Waals surface area contributed by atoms with E-state index >= 15 is 0 Å². The lowest BCUT2D eigenvalue weighted by atomic mass is 10.3.